The van der Waals surface area contributed by atoms with E-state index >= 15 is 0 Å². The zero-order valence-corrected chi connectivity index (χ0v) is 19.0. The van der Waals surface area contributed by atoms with Crippen molar-refractivity contribution in [2.24, 2.45) is 0 Å². The van der Waals surface area contributed by atoms with Crippen LogP contribution in [0.25, 0.3) is 5.57 Å². The van der Waals surface area contributed by atoms with Gasteiger partial charge >= 0.3 is 0 Å². The van der Waals surface area contributed by atoms with Crippen molar-refractivity contribution in [1.29, 1.82) is 0 Å². The minimum absolute atomic E-state index is 0.217. The summed E-state index contributed by atoms with van der Waals surface area (Å²) in [6.45, 7) is 0.710. The molecule has 0 aliphatic heterocycles. The van der Waals surface area contributed by atoms with Crippen molar-refractivity contribution in [1.82, 2.24) is 10.2 Å². The predicted molar refractivity (Wildman–Crippen MR) is 131 cm³/mol. The summed E-state index contributed by atoms with van der Waals surface area (Å²) in [5, 5.41) is 13.3. The highest BCUT2D eigenvalue weighted by molar-refractivity contribution is 6.31. The summed E-state index contributed by atoms with van der Waals surface area (Å²) in [7, 11) is 1.86. The molecule has 32 heavy (non-hydrogen) atoms. The number of carbonyl (C=O) groups excluding carboxylic acids is 1. The first-order valence-corrected chi connectivity index (χ1v) is 11.1. The van der Waals surface area contributed by atoms with Gasteiger partial charge in [0.1, 0.15) is 6.04 Å². The fraction of sp³-hybridized carbons (Fsp3) is 0.222. The van der Waals surface area contributed by atoms with Gasteiger partial charge in [-0.05, 0) is 41.8 Å². The normalized spacial score (nSPS) is 11.8. The molecule has 3 aromatic carbocycles. The van der Waals surface area contributed by atoms with Crippen molar-refractivity contribution >= 4 is 23.1 Å². The smallest absolute Gasteiger partial charge is 0.239 e. The Morgan fingerprint density at radius 3 is 2.09 bits per heavy atom. The van der Waals surface area contributed by atoms with Gasteiger partial charge in [0.15, 0.2) is 0 Å². The van der Waals surface area contributed by atoms with E-state index in [0.717, 1.165) is 28.7 Å². The Kier molecular flexibility index (Phi) is 9.05. The van der Waals surface area contributed by atoms with E-state index in [4.69, 9.17) is 11.6 Å². The van der Waals surface area contributed by atoms with E-state index < -0.39 is 6.04 Å². The van der Waals surface area contributed by atoms with E-state index in [9.17, 15) is 9.90 Å². The topological polar surface area (TPSA) is 52.6 Å². The molecule has 0 bridgehead atoms. The van der Waals surface area contributed by atoms with Crippen molar-refractivity contribution in [3.63, 3.8) is 0 Å². The Morgan fingerprint density at radius 1 is 0.969 bits per heavy atom. The summed E-state index contributed by atoms with van der Waals surface area (Å²) in [5.74, 6) is -0.217. The zero-order chi connectivity index (χ0) is 22.8. The minimum atomic E-state index is -0.622. The van der Waals surface area contributed by atoms with Gasteiger partial charge in [0.05, 0.1) is 6.61 Å². The van der Waals surface area contributed by atoms with Crippen LogP contribution in [0.1, 0.15) is 23.1 Å². The Labute approximate surface area is 195 Å². The number of likely N-dealkylation sites (N-methyl/N-ethyl adjacent to an activating group) is 1. The molecule has 0 aliphatic carbocycles. The van der Waals surface area contributed by atoms with E-state index in [-0.39, 0.29) is 12.5 Å². The maximum atomic E-state index is 12.7. The minimum Gasteiger partial charge on any atom is -0.394 e. The number of nitrogens with one attached hydrogen (secondary N) is 1. The molecule has 3 rings (SSSR count). The number of aliphatic hydroxyl groups excluding tert-OH is 1. The third-order valence-corrected chi connectivity index (χ3v) is 5.79. The van der Waals surface area contributed by atoms with Crippen LogP contribution in [0, 0.1) is 0 Å². The maximum absolute atomic E-state index is 12.7. The molecule has 0 saturated heterocycles. The number of hydrogen-bond donors (Lipinski definition) is 2. The lowest BCUT2D eigenvalue weighted by atomic mass is 9.97. The molecule has 1 unspecified atom stereocenters. The van der Waals surface area contributed by atoms with Crippen LogP contribution in [0.2, 0.25) is 5.02 Å². The van der Waals surface area contributed by atoms with E-state index in [2.05, 4.69) is 35.7 Å². The summed E-state index contributed by atoms with van der Waals surface area (Å²) in [6.07, 6.45) is 2.93. The number of benzene rings is 3. The number of rotatable bonds is 10. The highest BCUT2D eigenvalue weighted by Gasteiger charge is 2.22. The van der Waals surface area contributed by atoms with E-state index in [1.54, 1.807) is 6.07 Å². The fourth-order valence-corrected chi connectivity index (χ4v) is 3.77. The van der Waals surface area contributed by atoms with Gasteiger partial charge in [-0.25, -0.2) is 0 Å². The summed E-state index contributed by atoms with van der Waals surface area (Å²) in [4.78, 5) is 14.6. The average molecular weight is 449 g/mol. The number of hydrogen-bond acceptors (Lipinski definition) is 3. The molecule has 0 heterocycles. The fourth-order valence-electron chi connectivity index (χ4n) is 3.57. The van der Waals surface area contributed by atoms with Gasteiger partial charge in [-0.2, -0.15) is 0 Å². The molecule has 166 valence electrons. The molecule has 5 heteroatoms. The Balaban J connectivity index is 1.63. The van der Waals surface area contributed by atoms with Crippen LogP contribution in [-0.2, 0) is 11.3 Å². The van der Waals surface area contributed by atoms with Gasteiger partial charge in [-0.15, -0.1) is 0 Å². The SMILES string of the molecule is CN(CCC=C(c1ccccc1)c1ccccc1)C(CO)C(=O)NCc1ccccc1Cl. The first kappa shape index (κ1) is 23.7. The lowest BCUT2D eigenvalue weighted by Gasteiger charge is -2.25. The van der Waals surface area contributed by atoms with Crippen molar-refractivity contribution in [3.8, 4) is 0 Å². The number of amides is 1. The first-order chi connectivity index (χ1) is 15.6. The molecule has 0 aromatic heterocycles. The molecular formula is C27H29ClN2O2. The van der Waals surface area contributed by atoms with Crippen LogP contribution < -0.4 is 5.32 Å². The van der Waals surface area contributed by atoms with Crippen molar-refractivity contribution in [2.45, 2.75) is 19.0 Å². The van der Waals surface area contributed by atoms with E-state index in [1.165, 1.54) is 0 Å². The number of carbonyl (C=O) groups is 1. The average Bonchev–Trinajstić information content (AvgIpc) is 2.83. The quantitative estimate of drug-likeness (QED) is 0.469. The monoisotopic (exact) mass is 448 g/mol. The van der Waals surface area contributed by atoms with Gasteiger partial charge < -0.3 is 10.4 Å². The van der Waals surface area contributed by atoms with Gasteiger partial charge in [-0.1, -0.05) is 96.5 Å². The molecular weight excluding hydrogens is 420 g/mol. The third-order valence-electron chi connectivity index (χ3n) is 5.42. The second kappa shape index (κ2) is 12.2. The Hall–Kier alpha value is -2.92. The van der Waals surface area contributed by atoms with Gasteiger partial charge in [0.25, 0.3) is 0 Å². The van der Waals surface area contributed by atoms with Crippen LogP contribution in [0.4, 0.5) is 0 Å². The molecule has 0 fully saturated rings. The molecule has 0 saturated carbocycles. The molecule has 1 atom stereocenters. The highest BCUT2D eigenvalue weighted by atomic mass is 35.5. The van der Waals surface area contributed by atoms with Crippen LogP contribution >= 0.6 is 11.6 Å². The van der Waals surface area contributed by atoms with Gasteiger partial charge in [0.2, 0.25) is 5.91 Å². The van der Waals surface area contributed by atoms with Crippen LogP contribution in [0.3, 0.4) is 0 Å². The number of aliphatic hydroxyl groups is 1. The van der Waals surface area contributed by atoms with Crippen LogP contribution in [0.15, 0.2) is 91.0 Å². The second-order valence-electron chi connectivity index (χ2n) is 7.63. The van der Waals surface area contributed by atoms with E-state index in [1.807, 2.05) is 66.5 Å². The zero-order valence-electron chi connectivity index (χ0n) is 18.2. The van der Waals surface area contributed by atoms with E-state index in [0.29, 0.717) is 18.1 Å². The standard InChI is InChI=1S/C27H29ClN2O2/c1-30(26(20-31)27(32)29-19-23-15-8-9-17-25(23)28)18-10-16-24(21-11-4-2-5-12-21)22-13-6-3-7-14-22/h2-9,11-17,26,31H,10,18-20H2,1H3,(H,29,32). The number of halogens is 1. The van der Waals surface area contributed by atoms with Crippen molar-refractivity contribution < 1.29 is 9.90 Å². The van der Waals surface area contributed by atoms with Gasteiger partial charge in [0, 0.05) is 18.1 Å². The van der Waals surface area contributed by atoms with Crippen molar-refractivity contribution in [2.75, 3.05) is 20.2 Å². The van der Waals surface area contributed by atoms with Crippen LogP contribution in [-0.4, -0.2) is 42.2 Å². The number of nitrogens with zero attached hydrogens (tertiary/aromatic N) is 1. The Bertz CT molecular complexity index is 981. The molecule has 1 amide bonds. The molecule has 2 N–H and O–H groups in total. The predicted octanol–water partition coefficient (Wildman–Crippen LogP) is 4.77. The first-order valence-electron chi connectivity index (χ1n) is 10.7. The maximum Gasteiger partial charge on any atom is 0.239 e. The lowest BCUT2D eigenvalue weighted by Crippen LogP contribution is -2.47. The highest BCUT2D eigenvalue weighted by Crippen LogP contribution is 2.23. The summed E-state index contributed by atoms with van der Waals surface area (Å²) < 4.78 is 0. The summed E-state index contributed by atoms with van der Waals surface area (Å²) >= 11 is 6.17. The van der Waals surface area contributed by atoms with Gasteiger partial charge in [-0.3, -0.25) is 9.69 Å². The second-order valence-corrected chi connectivity index (χ2v) is 8.03. The largest absolute Gasteiger partial charge is 0.394 e. The lowest BCUT2D eigenvalue weighted by molar-refractivity contribution is -0.127. The molecule has 0 spiro atoms. The Morgan fingerprint density at radius 2 is 1.53 bits per heavy atom. The molecule has 0 radical (unpaired) electrons. The summed E-state index contributed by atoms with van der Waals surface area (Å²) in [5.41, 5.74) is 4.30. The molecule has 4 nitrogen and oxygen atoms in total. The molecule has 3 aromatic rings. The summed E-state index contributed by atoms with van der Waals surface area (Å²) in [6, 6.07) is 27.3. The third kappa shape index (κ3) is 6.54. The van der Waals surface area contributed by atoms with Crippen molar-refractivity contribution in [3.05, 3.63) is 113 Å². The molecule has 0 aliphatic rings. The van der Waals surface area contributed by atoms with Crippen LogP contribution in [0.5, 0.6) is 0 Å².